The van der Waals surface area contributed by atoms with E-state index in [1.165, 1.54) is 11.1 Å². The van der Waals surface area contributed by atoms with Gasteiger partial charge in [-0.05, 0) is 58.8 Å². The molecule has 6 heteroatoms. The van der Waals surface area contributed by atoms with Crippen LogP contribution in [0.4, 0.5) is 11.4 Å². The molecule has 1 N–H and O–H groups in total. The first-order chi connectivity index (χ1) is 26.9. The number of Topliss-reactive ketones (excluding diaryl/α,β-unsaturated/α-hetero) is 1. The van der Waals surface area contributed by atoms with Crippen LogP contribution in [0, 0.1) is 20.9 Å². The molecular formula is C50H49N2O4+. The molecule has 0 fully saturated rings. The van der Waals surface area contributed by atoms with Crippen molar-refractivity contribution >= 4 is 34.5 Å². The van der Waals surface area contributed by atoms with Gasteiger partial charge in [-0.3, -0.25) is 14.4 Å². The molecule has 0 unspecified atom stereocenters. The second-order valence-corrected chi connectivity index (χ2v) is 16.4. The van der Waals surface area contributed by atoms with Gasteiger partial charge in [0.2, 0.25) is 22.3 Å². The van der Waals surface area contributed by atoms with Crippen LogP contribution in [0.15, 0.2) is 130 Å². The molecule has 5 aromatic carbocycles. The second-order valence-electron chi connectivity index (χ2n) is 16.4. The van der Waals surface area contributed by atoms with Gasteiger partial charge in [-0.2, -0.15) is 4.58 Å². The van der Waals surface area contributed by atoms with Crippen LogP contribution >= 0.6 is 0 Å². The summed E-state index contributed by atoms with van der Waals surface area (Å²) in [6, 6.07) is 31.7. The maximum absolute atomic E-state index is 13.6. The zero-order valence-corrected chi connectivity index (χ0v) is 33.2. The van der Waals surface area contributed by atoms with Crippen molar-refractivity contribution < 1.29 is 14.5 Å². The van der Waals surface area contributed by atoms with Crippen molar-refractivity contribution in [1.29, 1.82) is 0 Å². The van der Waals surface area contributed by atoms with Gasteiger partial charge in [0, 0.05) is 47.5 Å². The van der Waals surface area contributed by atoms with E-state index in [9.17, 15) is 19.5 Å². The number of nitrogens with zero attached hydrogens (tertiary/aromatic N) is 2. The smallest absolute Gasteiger partial charge is 0.209 e. The van der Waals surface area contributed by atoms with Crippen molar-refractivity contribution in [3.8, 4) is 0 Å². The summed E-state index contributed by atoms with van der Waals surface area (Å²) in [7, 11) is 0. The Morgan fingerprint density at radius 2 is 1.23 bits per heavy atom. The van der Waals surface area contributed by atoms with E-state index in [2.05, 4.69) is 81.3 Å². The Kier molecular flexibility index (Phi) is 9.27. The van der Waals surface area contributed by atoms with Gasteiger partial charge in [0.15, 0.2) is 5.71 Å². The molecule has 2 heterocycles. The van der Waals surface area contributed by atoms with E-state index in [0.29, 0.717) is 21.6 Å². The number of hydrogen-bond acceptors (Lipinski definition) is 5. The highest BCUT2D eigenvalue weighted by atomic mass is 16.3. The van der Waals surface area contributed by atoms with Crippen LogP contribution in [0.2, 0.25) is 0 Å². The molecule has 0 saturated carbocycles. The third kappa shape index (κ3) is 5.77. The van der Waals surface area contributed by atoms with Gasteiger partial charge in [-0.25, -0.2) is 0 Å². The van der Waals surface area contributed by atoms with Crippen molar-refractivity contribution in [2.24, 2.45) is 0 Å². The van der Waals surface area contributed by atoms with Crippen molar-refractivity contribution in [3.05, 3.63) is 183 Å². The summed E-state index contributed by atoms with van der Waals surface area (Å²) in [5.74, 6) is -0.141. The van der Waals surface area contributed by atoms with Gasteiger partial charge in [-0.1, -0.05) is 125 Å². The number of benzene rings is 4. The Bertz CT molecular complexity index is 2890. The van der Waals surface area contributed by atoms with Crippen LogP contribution in [0.25, 0.3) is 11.6 Å². The Morgan fingerprint density at radius 3 is 1.86 bits per heavy atom. The number of para-hydroxylation sites is 2. The molecule has 0 saturated heterocycles. The zero-order chi connectivity index (χ0) is 39.5. The van der Waals surface area contributed by atoms with Crippen LogP contribution in [0.5, 0.6) is 0 Å². The average molecular weight is 742 g/mol. The summed E-state index contributed by atoms with van der Waals surface area (Å²) in [6.45, 7) is 14.7. The first-order valence-corrected chi connectivity index (χ1v) is 20.0. The van der Waals surface area contributed by atoms with E-state index in [0.717, 1.165) is 72.0 Å². The number of ketones is 1. The zero-order valence-electron chi connectivity index (χ0n) is 33.2. The fourth-order valence-corrected chi connectivity index (χ4v) is 8.88. The lowest BCUT2D eigenvalue weighted by Gasteiger charge is -2.29. The van der Waals surface area contributed by atoms with Crippen molar-refractivity contribution in [2.45, 2.75) is 78.1 Å². The van der Waals surface area contributed by atoms with Crippen LogP contribution < -0.4 is 26.2 Å². The molecule has 3 aliphatic rings. The topological polar surface area (TPSA) is 77.7 Å². The number of anilines is 1. The molecule has 2 aliphatic heterocycles. The maximum atomic E-state index is 13.6. The Balaban J connectivity index is 1.13. The molecule has 0 aromatic heterocycles. The highest BCUT2D eigenvalue weighted by molar-refractivity contribution is 6.37. The number of aliphatic hydroxyl groups is 1. The fourth-order valence-electron chi connectivity index (χ4n) is 8.88. The molecule has 0 spiro atoms. The van der Waals surface area contributed by atoms with Crippen molar-refractivity contribution in [1.82, 2.24) is 0 Å². The standard InChI is InChI=1S/C50H48N2O4/c1-7-9-27-51-39-17-13-11-15-37(39)49(3,4)41(51)29-35-45(53)43(46(35)54)33-23-19-31(20-24-33)32-21-25-34(26-22-32)44-47(55)36(48(44)56)30-42-50(5,6)38-16-12-14-18-40(38)52(42)28-10-8-2/h11-26,29-30H,7-10,27-28H2,1-6H3/p+1/b41-29-. The molecule has 0 atom stereocenters. The lowest BCUT2D eigenvalue weighted by molar-refractivity contribution is -0.437. The maximum Gasteiger partial charge on any atom is 0.209 e. The lowest BCUT2D eigenvalue weighted by atomic mass is 9.80. The third-order valence-corrected chi connectivity index (χ3v) is 12.2. The average Bonchev–Trinajstić information content (AvgIpc) is 3.55. The Hall–Kier alpha value is -5.88. The Morgan fingerprint density at radius 1 is 0.661 bits per heavy atom. The molecule has 1 aliphatic carbocycles. The van der Waals surface area contributed by atoms with E-state index in [-0.39, 0.29) is 43.7 Å². The summed E-state index contributed by atoms with van der Waals surface area (Å²) in [5, 5.41) is 14.8. The molecule has 0 amide bonds. The number of aliphatic hydroxyl groups excluding tert-OH is 1. The van der Waals surface area contributed by atoms with Gasteiger partial charge in [0.05, 0.1) is 27.0 Å². The molecular weight excluding hydrogens is 693 g/mol. The summed E-state index contributed by atoms with van der Waals surface area (Å²) in [5.41, 5.74) is 6.31. The third-order valence-electron chi connectivity index (χ3n) is 12.2. The SMILES string of the molecule is CCCCN1/C(=C\C2=C(O)C(=c3ccc(=c4ccc(=c5c(=O)c(=CC6=[N+](CCCC)c7ccccc7C6(C)C)c5=O)cc4)cc3)C2=O)C(C)(C)c2ccccc21. The Labute approximate surface area is 327 Å². The number of carbonyl (C=O) groups is 1. The van der Waals surface area contributed by atoms with E-state index < -0.39 is 0 Å². The quantitative estimate of drug-likeness (QED) is 0.167. The molecule has 5 aromatic rings. The second kappa shape index (κ2) is 14.0. The van der Waals surface area contributed by atoms with E-state index in [1.807, 2.05) is 78.9 Å². The number of fused-ring (bicyclic) bond motifs is 2. The van der Waals surface area contributed by atoms with E-state index in [1.54, 1.807) is 0 Å². The van der Waals surface area contributed by atoms with Crippen LogP contribution in [0.1, 0.15) is 78.4 Å². The van der Waals surface area contributed by atoms with Crippen molar-refractivity contribution in [2.75, 3.05) is 18.0 Å². The highest BCUT2D eigenvalue weighted by Gasteiger charge is 2.45. The summed E-state index contributed by atoms with van der Waals surface area (Å²) in [4.78, 5) is 43.0. The molecule has 6 nitrogen and oxygen atoms in total. The predicted molar refractivity (Wildman–Crippen MR) is 225 cm³/mol. The van der Waals surface area contributed by atoms with Gasteiger partial charge >= 0.3 is 0 Å². The molecule has 0 radical (unpaired) electrons. The number of hydrogen-bond donors (Lipinski definition) is 1. The molecule has 56 heavy (non-hydrogen) atoms. The summed E-state index contributed by atoms with van der Waals surface area (Å²) >= 11 is 0. The summed E-state index contributed by atoms with van der Waals surface area (Å²) in [6.07, 6.45) is 7.85. The molecule has 8 rings (SSSR count). The van der Waals surface area contributed by atoms with Gasteiger partial charge < -0.3 is 10.0 Å². The summed E-state index contributed by atoms with van der Waals surface area (Å²) < 4.78 is 2.27. The van der Waals surface area contributed by atoms with Crippen molar-refractivity contribution in [3.63, 3.8) is 0 Å². The minimum Gasteiger partial charge on any atom is -0.506 e. The largest absolute Gasteiger partial charge is 0.506 e. The van der Waals surface area contributed by atoms with E-state index >= 15 is 0 Å². The van der Waals surface area contributed by atoms with Crippen LogP contribution in [0.3, 0.4) is 0 Å². The number of unbranched alkanes of at least 4 members (excludes halogenated alkanes) is 2. The monoisotopic (exact) mass is 741 g/mol. The van der Waals surface area contributed by atoms with Crippen LogP contribution in [-0.2, 0) is 15.6 Å². The minimum absolute atomic E-state index is 0.0233. The van der Waals surface area contributed by atoms with E-state index in [4.69, 9.17) is 0 Å². The van der Waals surface area contributed by atoms with Gasteiger partial charge in [-0.15, -0.1) is 0 Å². The molecule has 282 valence electrons. The number of allylic oxidation sites excluding steroid dienone is 4. The van der Waals surface area contributed by atoms with Crippen LogP contribution in [-0.4, -0.2) is 34.3 Å². The highest BCUT2D eigenvalue weighted by Crippen LogP contribution is 2.49. The minimum atomic E-state index is -0.333. The lowest BCUT2D eigenvalue weighted by Crippen LogP contribution is -2.51. The molecule has 0 bridgehead atoms. The first-order valence-electron chi connectivity index (χ1n) is 20.0. The number of carbonyl (C=O) groups excluding carboxylic acids is 1. The van der Waals surface area contributed by atoms with Gasteiger partial charge in [0.1, 0.15) is 12.3 Å². The van der Waals surface area contributed by atoms with Gasteiger partial charge in [0.25, 0.3) is 0 Å². The normalized spacial score (nSPS) is 17.5. The first kappa shape index (κ1) is 37.1. The number of rotatable bonds is 8. The fraction of sp³-hybridized carbons (Fsp3) is 0.280. The predicted octanol–water partition coefficient (Wildman–Crippen LogP) is 7.54.